The maximum atomic E-state index is 5.63. The second kappa shape index (κ2) is 11.0. The Morgan fingerprint density at radius 2 is 1.41 bits per heavy atom. The predicted octanol–water partition coefficient (Wildman–Crippen LogP) is 3.39. The van der Waals surface area contributed by atoms with Crippen molar-refractivity contribution in [2.45, 2.75) is 53.4 Å². The molecule has 0 atom stereocenters. The molecule has 0 spiro atoms. The summed E-state index contributed by atoms with van der Waals surface area (Å²) in [6, 6.07) is 0. The molecule has 3 heteroatoms. The Balaban J connectivity index is 3.43. The Labute approximate surface area is 108 Å². The van der Waals surface area contributed by atoms with Gasteiger partial charge >= 0.3 is 0 Å². The molecule has 17 heavy (non-hydrogen) atoms. The molecular formula is C14H32NO2+. The third-order valence-electron chi connectivity index (χ3n) is 3.69. The molecule has 0 unspecified atom stereocenters. The highest BCUT2D eigenvalue weighted by atomic mass is 16.7. The highest BCUT2D eigenvalue weighted by Gasteiger charge is 2.20. The number of nitrogens with zero attached hydrogens (tertiary/aromatic N) is 1. The second-order valence-corrected chi connectivity index (χ2v) is 4.71. The van der Waals surface area contributed by atoms with Crippen molar-refractivity contribution in [3.05, 3.63) is 0 Å². The molecule has 0 saturated carbocycles. The van der Waals surface area contributed by atoms with Crippen LogP contribution in [0, 0.1) is 0 Å². The van der Waals surface area contributed by atoms with E-state index < -0.39 is 0 Å². The molecule has 0 N–H and O–H groups in total. The summed E-state index contributed by atoms with van der Waals surface area (Å²) in [5.74, 6) is 0. The standard InChI is InChI=1S/C14H32NO2/c1-5-9-10-11-12-16-14-17-13-15(6-2,7-3)8-4/h5-14H2,1-4H3/q+1. The van der Waals surface area contributed by atoms with E-state index >= 15 is 0 Å². The topological polar surface area (TPSA) is 18.5 Å². The van der Waals surface area contributed by atoms with E-state index in [0.717, 1.165) is 43.9 Å². The number of ether oxygens (including phenoxy) is 2. The summed E-state index contributed by atoms with van der Waals surface area (Å²) in [5.41, 5.74) is 0. The fourth-order valence-electron chi connectivity index (χ4n) is 1.92. The zero-order valence-corrected chi connectivity index (χ0v) is 12.3. The van der Waals surface area contributed by atoms with Gasteiger partial charge in [0.1, 0.15) is 0 Å². The highest BCUT2D eigenvalue weighted by Crippen LogP contribution is 2.06. The van der Waals surface area contributed by atoms with Crippen molar-refractivity contribution in [1.82, 2.24) is 0 Å². The van der Waals surface area contributed by atoms with Crippen LogP contribution in [0.3, 0.4) is 0 Å². The Hall–Kier alpha value is -0.120. The van der Waals surface area contributed by atoms with Crippen LogP contribution in [-0.4, -0.2) is 44.2 Å². The van der Waals surface area contributed by atoms with Crippen LogP contribution in [0.15, 0.2) is 0 Å². The van der Waals surface area contributed by atoms with Gasteiger partial charge in [0.15, 0.2) is 13.5 Å². The van der Waals surface area contributed by atoms with E-state index in [1.807, 2.05) is 0 Å². The minimum atomic E-state index is 0.451. The van der Waals surface area contributed by atoms with Crippen molar-refractivity contribution >= 4 is 0 Å². The van der Waals surface area contributed by atoms with E-state index in [9.17, 15) is 0 Å². The van der Waals surface area contributed by atoms with E-state index in [-0.39, 0.29) is 0 Å². The summed E-state index contributed by atoms with van der Waals surface area (Å²) in [4.78, 5) is 0. The fourth-order valence-corrected chi connectivity index (χ4v) is 1.92. The third-order valence-corrected chi connectivity index (χ3v) is 3.69. The van der Waals surface area contributed by atoms with Crippen molar-refractivity contribution in [1.29, 1.82) is 0 Å². The van der Waals surface area contributed by atoms with Gasteiger partial charge in [-0.25, -0.2) is 0 Å². The molecule has 0 aliphatic carbocycles. The second-order valence-electron chi connectivity index (χ2n) is 4.71. The zero-order valence-electron chi connectivity index (χ0n) is 12.3. The largest absolute Gasteiger partial charge is 0.355 e. The van der Waals surface area contributed by atoms with Crippen LogP contribution in [-0.2, 0) is 9.47 Å². The number of hydrogen-bond donors (Lipinski definition) is 0. The van der Waals surface area contributed by atoms with E-state index in [1.165, 1.54) is 19.3 Å². The van der Waals surface area contributed by atoms with E-state index in [1.54, 1.807) is 0 Å². The normalized spacial score (nSPS) is 12.0. The fraction of sp³-hybridized carbons (Fsp3) is 1.00. The van der Waals surface area contributed by atoms with Gasteiger partial charge in [-0.05, 0) is 27.2 Å². The molecule has 0 aromatic heterocycles. The van der Waals surface area contributed by atoms with Crippen LogP contribution < -0.4 is 0 Å². The molecule has 0 radical (unpaired) electrons. The van der Waals surface area contributed by atoms with Crippen molar-refractivity contribution in [2.75, 3.05) is 39.8 Å². The molecule has 0 heterocycles. The smallest absolute Gasteiger partial charge is 0.185 e. The Bertz CT molecular complexity index is 150. The minimum absolute atomic E-state index is 0.451. The first-order chi connectivity index (χ1) is 8.24. The molecule has 0 aliphatic heterocycles. The summed E-state index contributed by atoms with van der Waals surface area (Å²) in [6.45, 7) is 14.3. The van der Waals surface area contributed by atoms with Crippen LogP contribution >= 0.6 is 0 Å². The van der Waals surface area contributed by atoms with Gasteiger partial charge in [0.05, 0.1) is 19.6 Å². The van der Waals surface area contributed by atoms with Gasteiger partial charge in [-0.15, -0.1) is 0 Å². The van der Waals surface area contributed by atoms with Crippen molar-refractivity contribution in [2.24, 2.45) is 0 Å². The van der Waals surface area contributed by atoms with E-state index in [4.69, 9.17) is 9.47 Å². The number of hydrogen-bond acceptors (Lipinski definition) is 2. The minimum Gasteiger partial charge on any atom is -0.355 e. The first-order valence-electron chi connectivity index (χ1n) is 7.25. The molecule has 0 aliphatic rings. The van der Waals surface area contributed by atoms with Crippen molar-refractivity contribution in [3.63, 3.8) is 0 Å². The average molecular weight is 246 g/mol. The van der Waals surface area contributed by atoms with E-state index in [0.29, 0.717) is 6.79 Å². The lowest BCUT2D eigenvalue weighted by molar-refractivity contribution is -0.941. The Kier molecular flexibility index (Phi) is 10.9. The van der Waals surface area contributed by atoms with Crippen molar-refractivity contribution in [3.8, 4) is 0 Å². The van der Waals surface area contributed by atoms with Crippen molar-refractivity contribution < 1.29 is 14.0 Å². The molecule has 3 nitrogen and oxygen atoms in total. The quantitative estimate of drug-likeness (QED) is 0.298. The Morgan fingerprint density at radius 1 is 0.765 bits per heavy atom. The monoisotopic (exact) mass is 246 g/mol. The molecule has 0 fully saturated rings. The van der Waals surface area contributed by atoms with Gasteiger partial charge in [0, 0.05) is 6.61 Å². The number of unbranched alkanes of at least 4 members (excludes halogenated alkanes) is 3. The molecule has 0 bridgehead atoms. The van der Waals surface area contributed by atoms with Gasteiger partial charge in [-0.1, -0.05) is 26.2 Å². The molecule has 104 valence electrons. The predicted molar refractivity (Wildman–Crippen MR) is 72.8 cm³/mol. The highest BCUT2D eigenvalue weighted by molar-refractivity contribution is 4.38. The SMILES string of the molecule is CCCCCCOCOC[N+](CC)(CC)CC. The van der Waals surface area contributed by atoms with Gasteiger partial charge in [-0.2, -0.15) is 0 Å². The molecular weight excluding hydrogens is 214 g/mol. The summed E-state index contributed by atoms with van der Waals surface area (Å²) < 4.78 is 12.1. The lowest BCUT2D eigenvalue weighted by Gasteiger charge is -2.34. The Morgan fingerprint density at radius 3 is 1.94 bits per heavy atom. The molecule has 0 amide bonds. The summed E-state index contributed by atoms with van der Waals surface area (Å²) >= 11 is 0. The molecule has 0 saturated heterocycles. The van der Waals surface area contributed by atoms with Crippen LogP contribution in [0.5, 0.6) is 0 Å². The van der Waals surface area contributed by atoms with E-state index in [2.05, 4.69) is 27.7 Å². The third kappa shape index (κ3) is 7.74. The van der Waals surface area contributed by atoms with Gasteiger partial charge in [0.2, 0.25) is 0 Å². The van der Waals surface area contributed by atoms with Crippen LogP contribution in [0.2, 0.25) is 0 Å². The average Bonchev–Trinajstić information content (AvgIpc) is 2.38. The molecule has 0 aromatic rings. The van der Waals surface area contributed by atoms with Gasteiger partial charge < -0.3 is 14.0 Å². The van der Waals surface area contributed by atoms with Gasteiger partial charge in [0.25, 0.3) is 0 Å². The van der Waals surface area contributed by atoms with Crippen LogP contribution in [0.1, 0.15) is 53.4 Å². The zero-order chi connectivity index (χ0) is 13.0. The summed E-state index contributed by atoms with van der Waals surface area (Å²) in [7, 11) is 0. The first kappa shape index (κ1) is 16.9. The molecule has 0 rings (SSSR count). The maximum absolute atomic E-state index is 5.63. The first-order valence-corrected chi connectivity index (χ1v) is 7.25. The lowest BCUT2D eigenvalue weighted by atomic mass is 10.2. The van der Waals surface area contributed by atoms with Crippen LogP contribution in [0.4, 0.5) is 0 Å². The molecule has 0 aromatic carbocycles. The number of quaternary nitrogens is 1. The lowest BCUT2D eigenvalue weighted by Crippen LogP contribution is -2.49. The maximum Gasteiger partial charge on any atom is 0.185 e. The van der Waals surface area contributed by atoms with Crippen LogP contribution in [0.25, 0.3) is 0 Å². The summed E-state index contributed by atoms with van der Waals surface area (Å²) in [5, 5.41) is 0. The summed E-state index contributed by atoms with van der Waals surface area (Å²) in [6.07, 6.45) is 5.02. The van der Waals surface area contributed by atoms with Gasteiger partial charge in [-0.3, -0.25) is 0 Å². The number of rotatable bonds is 12.